The van der Waals surface area contributed by atoms with Crippen molar-refractivity contribution < 1.29 is 4.79 Å². The molecule has 0 saturated heterocycles. The molecule has 78 valence electrons. The Balaban J connectivity index is 2.61. The molecule has 3 nitrogen and oxygen atoms in total. The molecule has 0 fully saturated rings. The summed E-state index contributed by atoms with van der Waals surface area (Å²) in [5.74, 6) is 0. The Kier molecular flexibility index (Phi) is 2.54. The fourth-order valence-corrected chi connectivity index (χ4v) is 1.95. The lowest BCUT2D eigenvalue weighted by Crippen LogP contribution is -2.19. The number of fused-ring (bicyclic) bond motifs is 1. The van der Waals surface area contributed by atoms with Gasteiger partial charge in [0.2, 0.25) is 0 Å². The van der Waals surface area contributed by atoms with Gasteiger partial charge in [-0.3, -0.25) is 0 Å². The number of hydrogen-bond acceptors (Lipinski definition) is 2. The third kappa shape index (κ3) is 1.78. The monoisotopic (exact) mass is 314 g/mol. The molecule has 0 aliphatic rings. The second-order valence-corrected chi connectivity index (χ2v) is 5.24. The summed E-state index contributed by atoms with van der Waals surface area (Å²) in [5, 5.41) is 4.22. The molecule has 0 unspecified atom stereocenters. The van der Waals surface area contributed by atoms with Gasteiger partial charge < -0.3 is 4.79 Å². The lowest BCUT2D eigenvalue weighted by Gasteiger charge is -2.16. The number of aldehydes is 1. The number of rotatable bonds is 2. The van der Waals surface area contributed by atoms with E-state index in [1.54, 1.807) is 0 Å². The normalized spacial score (nSPS) is 11.9. The van der Waals surface area contributed by atoms with Crippen molar-refractivity contribution >= 4 is 34.4 Å². The van der Waals surface area contributed by atoms with Gasteiger partial charge in [-0.15, -0.1) is 0 Å². The van der Waals surface area contributed by atoms with Crippen LogP contribution in [-0.4, -0.2) is 15.9 Å². The molecule has 0 saturated carbocycles. The van der Waals surface area contributed by atoms with Gasteiger partial charge in [0.15, 0.2) is 0 Å². The maximum absolute atomic E-state index is 10.9. The van der Waals surface area contributed by atoms with E-state index in [0.29, 0.717) is 0 Å². The van der Waals surface area contributed by atoms with E-state index >= 15 is 0 Å². The number of aromatic nitrogens is 2. The number of hydrogen-bond donors (Lipinski definition) is 0. The van der Waals surface area contributed by atoms with Crippen molar-refractivity contribution in [3.8, 4) is 0 Å². The van der Waals surface area contributed by atoms with Crippen LogP contribution in [0.2, 0.25) is 0 Å². The van der Waals surface area contributed by atoms with E-state index in [4.69, 9.17) is 0 Å². The molecule has 2 heterocycles. The van der Waals surface area contributed by atoms with Gasteiger partial charge in [-0.05, 0) is 48.1 Å². The third-order valence-corrected chi connectivity index (χ3v) is 3.34. The first kappa shape index (κ1) is 10.6. The van der Waals surface area contributed by atoms with Crippen LogP contribution in [0.3, 0.4) is 0 Å². The summed E-state index contributed by atoms with van der Waals surface area (Å²) in [6.07, 6.45) is 4.68. The molecule has 2 rings (SSSR count). The molecule has 0 aliphatic carbocycles. The first-order chi connectivity index (χ1) is 7.04. The van der Waals surface area contributed by atoms with Crippen molar-refractivity contribution in [1.82, 2.24) is 9.61 Å². The fraction of sp³-hybridized carbons (Fsp3) is 0.273. The van der Waals surface area contributed by atoms with Crippen molar-refractivity contribution in [3.05, 3.63) is 33.7 Å². The zero-order valence-corrected chi connectivity index (χ0v) is 10.7. The van der Waals surface area contributed by atoms with E-state index in [1.165, 1.54) is 0 Å². The quantitative estimate of drug-likeness (QED) is 0.630. The van der Waals surface area contributed by atoms with Gasteiger partial charge in [0.25, 0.3) is 0 Å². The van der Waals surface area contributed by atoms with Crippen LogP contribution in [0.25, 0.3) is 5.52 Å². The van der Waals surface area contributed by atoms with Crippen LogP contribution in [0, 0.1) is 3.57 Å². The standard InChI is InChI=1S/C11H11IN2O/c1-11(2,7-15)8-3-4-10-9(12)5-13-14(10)6-8/h3-7H,1-2H3. The molecular formula is C11H11IN2O. The Labute approximate surface area is 102 Å². The molecule has 4 heteroatoms. The lowest BCUT2D eigenvalue weighted by atomic mass is 9.88. The van der Waals surface area contributed by atoms with Crippen LogP contribution in [-0.2, 0) is 10.2 Å². The molecule has 0 spiro atoms. The summed E-state index contributed by atoms with van der Waals surface area (Å²) >= 11 is 2.24. The van der Waals surface area contributed by atoms with Gasteiger partial charge in [0.05, 0.1) is 15.3 Å². The van der Waals surface area contributed by atoms with Gasteiger partial charge >= 0.3 is 0 Å². The molecule has 0 bridgehead atoms. The molecule has 0 amide bonds. The molecule has 0 atom stereocenters. The summed E-state index contributed by atoms with van der Waals surface area (Å²) in [6, 6.07) is 3.98. The summed E-state index contributed by atoms with van der Waals surface area (Å²) in [6.45, 7) is 3.80. The Hall–Kier alpha value is -0.910. The highest BCUT2D eigenvalue weighted by Gasteiger charge is 2.20. The van der Waals surface area contributed by atoms with Gasteiger partial charge in [-0.1, -0.05) is 6.07 Å². The zero-order chi connectivity index (χ0) is 11.1. The predicted molar refractivity (Wildman–Crippen MR) is 67.0 cm³/mol. The zero-order valence-electron chi connectivity index (χ0n) is 8.57. The molecule has 0 radical (unpaired) electrons. The average molecular weight is 314 g/mol. The topological polar surface area (TPSA) is 34.4 Å². The second kappa shape index (κ2) is 3.59. The Morgan fingerprint density at radius 3 is 2.87 bits per heavy atom. The number of pyridine rings is 1. The van der Waals surface area contributed by atoms with E-state index < -0.39 is 5.41 Å². The highest BCUT2D eigenvalue weighted by molar-refractivity contribution is 14.1. The molecular weight excluding hydrogens is 303 g/mol. The van der Waals surface area contributed by atoms with Crippen molar-refractivity contribution in [2.45, 2.75) is 19.3 Å². The number of carbonyl (C=O) groups is 1. The SMILES string of the molecule is CC(C)(C=O)c1ccc2c(I)cnn2c1. The molecule has 0 aliphatic heterocycles. The maximum Gasteiger partial charge on any atom is 0.130 e. The predicted octanol–water partition coefficient (Wildman–Crippen LogP) is 2.42. The maximum atomic E-state index is 10.9. The van der Waals surface area contributed by atoms with Crippen molar-refractivity contribution in [2.24, 2.45) is 0 Å². The second-order valence-electron chi connectivity index (χ2n) is 4.08. The fourth-order valence-electron chi connectivity index (χ4n) is 1.40. The van der Waals surface area contributed by atoms with E-state index in [0.717, 1.165) is 20.9 Å². The van der Waals surface area contributed by atoms with Gasteiger partial charge in [0, 0.05) is 11.6 Å². The van der Waals surface area contributed by atoms with E-state index in [9.17, 15) is 4.79 Å². The summed E-state index contributed by atoms with van der Waals surface area (Å²) in [7, 11) is 0. The van der Waals surface area contributed by atoms with Crippen molar-refractivity contribution in [1.29, 1.82) is 0 Å². The van der Waals surface area contributed by atoms with E-state index in [-0.39, 0.29) is 0 Å². The van der Waals surface area contributed by atoms with Crippen molar-refractivity contribution in [3.63, 3.8) is 0 Å². The third-order valence-electron chi connectivity index (χ3n) is 2.51. The van der Waals surface area contributed by atoms with Crippen LogP contribution in [0.1, 0.15) is 19.4 Å². The minimum atomic E-state index is -0.453. The lowest BCUT2D eigenvalue weighted by molar-refractivity contribution is -0.111. The largest absolute Gasteiger partial charge is 0.302 e. The summed E-state index contributed by atoms with van der Waals surface area (Å²) < 4.78 is 2.92. The van der Waals surface area contributed by atoms with E-state index in [1.807, 2.05) is 42.9 Å². The molecule has 2 aromatic rings. The smallest absolute Gasteiger partial charge is 0.130 e. The molecule has 0 N–H and O–H groups in total. The average Bonchev–Trinajstić information content (AvgIpc) is 2.60. The summed E-state index contributed by atoms with van der Waals surface area (Å²) in [4.78, 5) is 10.9. The van der Waals surface area contributed by atoms with Crippen LogP contribution < -0.4 is 0 Å². The van der Waals surface area contributed by atoms with Crippen LogP contribution in [0.5, 0.6) is 0 Å². The number of nitrogens with zero attached hydrogens (tertiary/aromatic N) is 2. The van der Waals surface area contributed by atoms with Gasteiger partial charge in [-0.2, -0.15) is 5.10 Å². The Morgan fingerprint density at radius 2 is 2.20 bits per heavy atom. The summed E-state index contributed by atoms with van der Waals surface area (Å²) in [5.41, 5.74) is 1.59. The van der Waals surface area contributed by atoms with Crippen molar-refractivity contribution in [2.75, 3.05) is 0 Å². The minimum absolute atomic E-state index is 0.453. The number of halogens is 1. The molecule has 0 aromatic carbocycles. The first-order valence-corrected chi connectivity index (χ1v) is 5.72. The minimum Gasteiger partial charge on any atom is -0.302 e. The van der Waals surface area contributed by atoms with Gasteiger partial charge in [-0.25, -0.2) is 4.52 Å². The Morgan fingerprint density at radius 1 is 1.47 bits per heavy atom. The molecule has 2 aromatic heterocycles. The highest BCUT2D eigenvalue weighted by Crippen LogP contribution is 2.22. The van der Waals surface area contributed by atoms with Crippen LogP contribution in [0.15, 0.2) is 24.5 Å². The van der Waals surface area contributed by atoms with Crippen LogP contribution in [0.4, 0.5) is 0 Å². The Bertz CT molecular complexity index is 516. The molecule has 15 heavy (non-hydrogen) atoms. The van der Waals surface area contributed by atoms with Crippen LogP contribution >= 0.6 is 22.6 Å². The van der Waals surface area contributed by atoms with Gasteiger partial charge in [0.1, 0.15) is 6.29 Å². The number of carbonyl (C=O) groups excluding carboxylic acids is 1. The first-order valence-electron chi connectivity index (χ1n) is 4.64. The van der Waals surface area contributed by atoms with E-state index in [2.05, 4.69) is 27.7 Å². The highest BCUT2D eigenvalue weighted by atomic mass is 127.